The van der Waals surface area contributed by atoms with Crippen molar-refractivity contribution in [1.82, 2.24) is 9.29 Å². The van der Waals surface area contributed by atoms with Crippen LogP contribution in [-0.2, 0) is 10.0 Å². The minimum atomic E-state index is -3.86. The van der Waals surface area contributed by atoms with E-state index in [2.05, 4.69) is 4.98 Å². The summed E-state index contributed by atoms with van der Waals surface area (Å²) in [5.41, 5.74) is 0.408. The lowest BCUT2D eigenvalue weighted by molar-refractivity contribution is 0.184. The maximum absolute atomic E-state index is 12.9. The van der Waals surface area contributed by atoms with Crippen molar-refractivity contribution in [2.75, 3.05) is 13.2 Å². The maximum Gasteiger partial charge on any atom is 0.244 e. The van der Waals surface area contributed by atoms with E-state index in [0.29, 0.717) is 15.9 Å². The Hall–Kier alpha value is -1.25. The number of nitrogens with zero attached hydrogens (tertiary/aromatic N) is 2. The van der Waals surface area contributed by atoms with Crippen LogP contribution in [0.2, 0.25) is 5.02 Å². The van der Waals surface area contributed by atoms with Crippen LogP contribution in [0.1, 0.15) is 6.42 Å². The molecule has 2 heterocycles. The Morgan fingerprint density at radius 3 is 2.86 bits per heavy atom. The van der Waals surface area contributed by atoms with E-state index < -0.39 is 22.2 Å². The average molecular weight is 343 g/mol. The van der Waals surface area contributed by atoms with E-state index in [4.69, 9.17) is 11.6 Å². The molecule has 1 saturated heterocycles. The van der Waals surface area contributed by atoms with Crippen molar-refractivity contribution in [2.45, 2.75) is 23.5 Å². The topological polar surface area (TPSA) is 90.7 Å². The molecular weight excluding hydrogens is 328 g/mol. The average Bonchev–Trinajstić information content (AvgIpc) is 2.89. The number of sulfonamides is 1. The summed E-state index contributed by atoms with van der Waals surface area (Å²) >= 11 is 6.07. The normalized spacial score (nSPS) is 23.2. The van der Waals surface area contributed by atoms with Crippen LogP contribution in [0.4, 0.5) is 0 Å². The molecule has 2 atom stereocenters. The number of hydrogen-bond donors (Lipinski definition) is 2. The van der Waals surface area contributed by atoms with Gasteiger partial charge >= 0.3 is 0 Å². The number of rotatable bonds is 3. The van der Waals surface area contributed by atoms with Crippen molar-refractivity contribution in [3.05, 3.63) is 35.5 Å². The van der Waals surface area contributed by atoms with Crippen molar-refractivity contribution in [3.63, 3.8) is 0 Å². The van der Waals surface area contributed by atoms with Crippen LogP contribution in [0.25, 0.3) is 10.9 Å². The summed E-state index contributed by atoms with van der Waals surface area (Å²) in [4.78, 5) is 4.20. The maximum atomic E-state index is 12.9. The van der Waals surface area contributed by atoms with E-state index in [9.17, 15) is 18.6 Å². The SMILES string of the molecule is O=S(=O)(c1ccc(Cl)c2ncccc12)N1CC(O)CC1CO. The predicted molar refractivity (Wildman–Crippen MR) is 82.1 cm³/mol. The molecule has 6 nitrogen and oxygen atoms in total. The van der Waals surface area contributed by atoms with Crippen molar-refractivity contribution < 1.29 is 18.6 Å². The minimum Gasteiger partial charge on any atom is -0.395 e. The second kappa shape index (κ2) is 5.75. The van der Waals surface area contributed by atoms with Gasteiger partial charge in [-0.15, -0.1) is 0 Å². The molecule has 1 fully saturated rings. The molecule has 0 radical (unpaired) electrons. The van der Waals surface area contributed by atoms with Gasteiger partial charge in [0.1, 0.15) is 0 Å². The molecule has 1 aromatic heterocycles. The summed E-state index contributed by atoms with van der Waals surface area (Å²) in [6.07, 6.45) is 0.990. The molecule has 0 spiro atoms. The van der Waals surface area contributed by atoms with Gasteiger partial charge < -0.3 is 10.2 Å². The van der Waals surface area contributed by atoms with E-state index in [1.807, 2.05) is 0 Å². The molecule has 22 heavy (non-hydrogen) atoms. The Labute approximate surface area is 133 Å². The second-order valence-electron chi connectivity index (χ2n) is 5.25. The number of β-amino-alcohol motifs (C(OH)–C–C–N with tert-alkyl or cyclic N) is 1. The van der Waals surface area contributed by atoms with Gasteiger partial charge in [0.2, 0.25) is 10.0 Å². The number of halogens is 1. The predicted octanol–water partition coefficient (Wildman–Crippen LogP) is 1.00. The van der Waals surface area contributed by atoms with Gasteiger partial charge in [0, 0.05) is 18.1 Å². The van der Waals surface area contributed by atoms with Gasteiger partial charge in [0.15, 0.2) is 0 Å². The van der Waals surface area contributed by atoms with Crippen LogP contribution in [0.5, 0.6) is 0 Å². The zero-order valence-electron chi connectivity index (χ0n) is 11.6. The number of aliphatic hydroxyl groups excluding tert-OH is 2. The number of aromatic nitrogens is 1. The van der Waals surface area contributed by atoms with Crippen LogP contribution >= 0.6 is 11.6 Å². The van der Waals surface area contributed by atoms with Crippen LogP contribution in [0.15, 0.2) is 35.4 Å². The molecule has 3 rings (SSSR count). The summed E-state index contributed by atoms with van der Waals surface area (Å²) in [5.74, 6) is 0. The Bertz CT molecular complexity index is 812. The molecule has 1 aromatic carbocycles. The van der Waals surface area contributed by atoms with E-state index in [1.165, 1.54) is 12.1 Å². The molecule has 0 amide bonds. The van der Waals surface area contributed by atoms with Crippen LogP contribution in [-0.4, -0.2) is 53.2 Å². The standard InChI is InChI=1S/C14H15ClN2O4S/c15-12-3-4-13(11-2-1-5-16-14(11)12)22(20,21)17-7-10(19)6-9(17)8-18/h1-5,9-10,18-19H,6-8H2. The van der Waals surface area contributed by atoms with Gasteiger partial charge in [-0.05, 0) is 30.7 Å². The molecular formula is C14H15ClN2O4S. The van der Waals surface area contributed by atoms with E-state index in [-0.39, 0.29) is 24.5 Å². The highest BCUT2D eigenvalue weighted by Gasteiger charge is 2.39. The third-order valence-corrected chi connectivity index (χ3v) is 6.10. The van der Waals surface area contributed by atoms with Crippen molar-refractivity contribution >= 4 is 32.5 Å². The zero-order valence-corrected chi connectivity index (χ0v) is 13.1. The fraction of sp³-hybridized carbons (Fsp3) is 0.357. The monoisotopic (exact) mass is 342 g/mol. The van der Waals surface area contributed by atoms with Crippen LogP contribution in [0.3, 0.4) is 0 Å². The van der Waals surface area contributed by atoms with Gasteiger partial charge in [-0.3, -0.25) is 4.98 Å². The number of fused-ring (bicyclic) bond motifs is 1. The van der Waals surface area contributed by atoms with Gasteiger partial charge in [0.05, 0.1) is 34.2 Å². The Morgan fingerprint density at radius 1 is 1.36 bits per heavy atom. The van der Waals surface area contributed by atoms with E-state index in [0.717, 1.165) is 4.31 Å². The lowest BCUT2D eigenvalue weighted by Crippen LogP contribution is -2.38. The number of hydrogen-bond acceptors (Lipinski definition) is 5. The second-order valence-corrected chi connectivity index (χ2v) is 7.51. The molecule has 8 heteroatoms. The fourth-order valence-electron chi connectivity index (χ4n) is 2.79. The number of benzene rings is 1. The van der Waals surface area contributed by atoms with Gasteiger partial charge in [-0.1, -0.05) is 11.6 Å². The molecule has 0 aliphatic carbocycles. The van der Waals surface area contributed by atoms with Crippen molar-refractivity contribution in [3.8, 4) is 0 Å². The number of pyridine rings is 1. The van der Waals surface area contributed by atoms with E-state index >= 15 is 0 Å². The molecule has 2 N–H and O–H groups in total. The summed E-state index contributed by atoms with van der Waals surface area (Å²) < 4.78 is 27.0. The fourth-order valence-corrected chi connectivity index (χ4v) is 4.85. The van der Waals surface area contributed by atoms with Gasteiger partial charge in [-0.2, -0.15) is 4.31 Å². The molecule has 1 aliphatic heterocycles. The molecule has 1 aliphatic rings. The van der Waals surface area contributed by atoms with Crippen molar-refractivity contribution in [2.24, 2.45) is 0 Å². The van der Waals surface area contributed by atoms with Crippen LogP contribution in [0, 0.1) is 0 Å². The zero-order chi connectivity index (χ0) is 15.9. The first-order valence-electron chi connectivity index (χ1n) is 6.79. The smallest absolute Gasteiger partial charge is 0.244 e. The van der Waals surface area contributed by atoms with Crippen LogP contribution < -0.4 is 0 Å². The summed E-state index contributed by atoms with van der Waals surface area (Å²) in [6, 6.07) is 5.58. The molecule has 2 aromatic rings. The first kappa shape index (κ1) is 15.6. The minimum absolute atomic E-state index is 0.0298. The first-order chi connectivity index (χ1) is 10.4. The lowest BCUT2D eigenvalue weighted by Gasteiger charge is -2.23. The lowest BCUT2D eigenvalue weighted by atomic mass is 10.2. The number of aliphatic hydroxyl groups is 2. The molecule has 0 saturated carbocycles. The third kappa shape index (κ3) is 2.49. The van der Waals surface area contributed by atoms with Gasteiger partial charge in [-0.25, -0.2) is 8.42 Å². The summed E-state index contributed by atoms with van der Waals surface area (Å²) in [5, 5.41) is 19.9. The quantitative estimate of drug-likeness (QED) is 0.868. The summed E-state index contributed by atoms with van der Waals surface area (Å²) in [7, 11) is -3.86. The van der Waals surface area contributed by atoms with Crippen molar-refractivity contribution in [1.29, 1.82) is 0 Å². The Morgan fingerprint density at radius 2 is 2.14 bits per heavy atom. The molecule has 0 bridgehead atoms. The van der Waals surface area contributed by atoms with Gasteiger partial charge in [0.25, 0.3) is 0 Å². The van der Waals surface area contributed by atoms with E-state index in [1.54, 1.807) is 18.3 Å². The Balaban J connectivity index is 2.16. The highest BCUT2D eigenvalue weighted by atomic mass is 35.5. The largest absolute Gasteiger partial charge is 0.395 e. The summed E-state index contributed by atoms with van der Waals surface area (Å²) in [6.45, 7) is -0.363. The Kier molecular flexibility index (Phi) is 4.09. The molecule has 2 unspecified atom stereocenters. The first-order valence-corrected chi connectivity index (χ1v) is 8.61. The highest BCUT2D eigenvalue weighted by molar-refractivity contribution is 7.89. The third-order valence-electron chi connectivity index (χ3n) is 3.82. The molecule has 118 valence electrons. The highest BCUT2D eigenvalue weighted by Crippen LogP contribution is 2.32.